The van der Waals surface area contributed by atoms with Crippen molar-refractivity contribution in [3.63, 3.8) is 0 Å². The van der Waals surface area contributed by atoms with Crippen molar-refractivity contribution < 1.29 is 9.18 Å². The minimum absolute atomic E-state index is 0.0702. The predicted molar refractivity (Wildman–Crippen MR) is 90.6 cm³/mol. The fraction of sp³-hybridized carbons (Fsp3) is 0.333. The van der Waals surface area contributed by atoms with Gasteiger partial charge in [0.15, 0.2) is 0 Å². The van der Waals surface area contributed by atoms with Gasteiger partial charge in [0, 0.05) is 37.8 Å². The Bertz CT molecular complexity index is 723. The predicted octanol–water partition coefficient (Wildman–Crippen LogP) is 2.18. The van der Waals surface area contributed by atoms with E-state index in [0.29, 0.717) is 13.0 Å². The fourth-order valence-corrected chi connectivity index (χ4v) is 2.92. The molecule has 0 bridgehead atoms. The third-order valence-electron chi connectivity index (χ3n) is 4.16. The molecule has 2 aromatic rings. The van der Waals surface area contributed by atoms with Crippen LogP contribution in [0.1, 0.15) is 30.0 Å². The molecule has 0 radical (unpaired) electrons. The zero-order chi connectivity index (χ0) is 16.9. The highest BCUT2D eigenvalue weighted by molar-refractivity contribution is 5.77. The van der Waals surface area contributed by atoms with Crippen molar-refractivity contribution in [3.8, 4) is 0 Å². The highest BCUT2D eigenvalue weighted by atomic mass is 19.1. The molecule has 0 spiro atoms. The number of amides is 1. The molecular weight excluding hydrogens is 307 g/mol. The monoisotopic (exact) mass is 328 g/mol. The average Bonchev–Trinajstić information content (AvgIpc) is 3.00. The lowest BCUT2D eigenvalue weighted by atomic mass is 9.94. The van der Waals surface area contributed by atoms with Crippen LogP contribution in [0.4, 0.5) is 4.39 Å². The second-order valence-electron chi connectivity index (χ2n) is 6.00. The topological polar surface area (TPSA) is 59.0 Å². The van der Waals surface area contributed by atoms with Gasteiger partial charge in [-0.1, -0.05) is 24.3 Å². The largest absolute Gasteiger partial charge is 0.348 e. The Labute approximate surface area is 140 Å². The van der Waals surface area contributed by atoms with Gasteiger partial charge in [-0.25, -0.2) is 4.39 Å². The van der Waals surface area contributed by atoms with Crippen LogP contribution in [-0.2, 0) is 11.8 Å². The van der Waals surface area contributed by atoms with Crippen molar-refractivity contribution in [3.05, 3.63) is 59.7 Å². The summed E-state index contributed by atoms with van der Waals surface area (Å²) in [5.41, 5.74) is 1.96. The first-order valence-corrected chi connectivity index (χ1v) is 8.05. The molecular formula is C18H21FN4O. The molecule has 2 heterocycles. The summed E-state index contributed by atoms with van der Waals surface area (Å²) < 4.78 is 14.6. The van der Waals surface area contributed by atoms with Gasteiger partial charge in [0.05, 0.1) is 12.2 Å². The summed E-state index contributed by atoms with van der Waals surface area (Å²) >= 11 is 0. The molecule has 1 aliphatic heterocycles. The summed E-state index contributed by atoms with van der Waals surface area (Å²) in [6.07, 6.45) is 8.99. The Morgan fingerprint density at radius 1 is 1.42 bits per heavy atom. The first-order chi connectivity index (χ1) is 11.6. The minimum Gasteiger partial charge on any atom is -0.348 e. The molecule has 2 atom stereocenters. The summed E-state index contributed by atoms with van der Waals surface area (Å²) in [5, 5.41) is 10.7. The second-order valence-corrected chi connectivity index (χ2v) is 6.00. The molecule has 1 aromatic carbocycles. The van der Waals surface area contributed by atoms with E-state index in [-0.39, 0.29) is 23.8 Å². The molecule has 1 aliphatic rings. The van der Waals surface area contributed by atoms with Gasteiger partial charge in [0.25, 0.3) is 0 Å². The molecule has 126 valence electrons. The number of carbonyl (C=O) groups is 1. The van der Waals surface area contributed by atoms with Crippen LogP contribution in [0.3, 0.4) is 0 Å². The maximum absolute atomic E-state index is 12.9. The number of hydrogen-bond donors (Lipinski definition) is 2. The van der Waals surface area contributed by atoms with Gasteiger partial charge < -0.3 is 10.6 Å². The summed E-state index contributed by atoms with van der Waals surface area (Å²) in [6, 6.07) is 6.46. The van der Waals surface area contributed by atoms with Crippen LogP contribution in [0, 0.1) is 5.82 Å². The van der Waals surface area contributed by atoms with Crippen LogP contribution in [0.2, 0.25) is 0 Å². The van der Waals surface area contributed by atoms with Gasteiger partial charge in [-0.3, -0.25) is 9.48 Å². The molecule has 0 aliphatic carbocycles. The summed E-state index contributed by atoms with van der Waals surface area (Å²) in [5.74, 6) is -0.161. The zero-order valence-corrected chi connectivity index (χ0v) is 13.6. The van der Waals surface area contributed by atoms with Crippen molar-refractivity contribution >= 4 is 12.0 Å². The maximum Gasteiger partial charge on any atom is 0.220 e. The molecule has 2 N–H and O–H groups in total. The van der Waals surface area contributed by atoms with Crippen LogP contribution < -0.4 is 10.6 Å². The van der Waals surface area contributed by atoms with E-state index >= 15 is 0 Å². The highest BCUT2D eigenvalue weighted by Gasteiger charge is 2.29. The smallest absolute Gasteiger partial charge is 0.220 e. The van der Waals surface area contributed by atoms with E-state index in [4.69, 9.17) is 0 Å². The Morgan fingerprint density at radius 3 is 2.92 bits per heavy atom. The first-order valence-electron chi connectivity index (χ1n) is 8.05. The molecule has 5 nitrogen and oxygen atoms in total. The van der Waals surface area contributed by atoms with Crippen molar-refractivity contribution in [2.24, 2.45) is 7.05 Å². The first kappa shape index (κ1) is 16.4. The molecule has 1 fully saturated rings. The van der Waals surface area contributed by atoms with Crippen molar-refractivity contribution in [2.75, 3.05) is 6.54 Å². The van der Waals surface area contributed by atoms with Crippen molar-refractivity contribution in [1.82, 2.24) is 20.4 Å². The van der Waals surface area contributed by atoms with Crippen molar-refractivity contribution in [2.45, 2.75) is 24.9 Å². The molecule has 0 unspecified atom stereocenters. The standard InChI is InChI=1S/C18H21FN4O/c1-23-12-14(11-21-23)18-16(8-9-17(24)22-18)20-10-2-3-13-4-6-15(19)7-5-13/h2-7,11-12,16,18,20H,8-10H2,1H3,(H,22,24)/b3-2+/t16-,18+/m1/s1. The van der Waals surface area contributed by atoms with E-state index in [1.54, 1.807) is 23.0 Å². The molecule has 1 aromatic heterocycles. The van der Waals surface area contributed by atoms with E-state index in [0.717, 1.165) is 17.5 Å². The number of benzene rings is 1. The number of halogens is 1. The third kappa shape index (κ3) is 4.08. The second kappa shape index (κ2) is 7.40. The number of nitrogens with one attached hydrogen (secondary N) is 2. The number of aromatic nitrogens is 2. The van der Waals surface area contributed by atoms with Crippen LogP contribution >= 0.6 is 0 Å². The van der Waals surface area contributed by atoms with Gasteiger partial charge in [0.1, 0.15) is 5.82 Å². The lowest BCUT2D eigenvalue weighted by Crippen LogP contribution is -2.48. The Morgan fingerprint density at radius 2 is 2.21 bits per heavy atom. The Hall–Kier alpha value is -2.47. The Kier molecular flexibility index (Phi) is 5.05. The number of rotatable bonds is 5. The van der Waals surface area contributed by atoms with E-state index in [2.05, 4.69) is 15.7 Å². The van der Waals surface area contributed by atoms with E-state index in [1.807, 2.05) is 25.4 Å². The van der Waals surface area contributed by atoms with Gasteiger partial charge >= 0.3 is 0 Å². The molecule has 6 heteroatoms. The summed E-state index contributed by atoms with van der Waals surface area (Å²) in [6.45, 7) is 0.675. The van der Waals surface area contributed by atoms with Crippen LogP contribution in [0.5, 0.6) is 0 Å². The zero-order valence-electron chi connectivity index (χ0n) is 13.6. The summed E-state index contributed by atoms with van der Waals surface area (Å²) in [4.78, 5) is 11.7. The van der Waals surface area contributed by atoms with E-state index in [9.17, 15) is 9.18 Å². The van der Waals surface area contributed by atoms with E-state index in [1.165, 1.54) is 12.1 Å². The number of hydrogen-bond acceptors (Lipinski definition) is 3. The molecule has 24 heavy (non-hydrogen) atoms. The van der Waals surface area contributed by atoms with Gasteiger partial charge in [-0.2, -0.15) is 5.10 Å². The molecule has 0 saturated carbocycles. The molecule has 1 saturated heterocycles. The SMILES string of the molecule is Cn1cc([C@@H]2NC(=O)CC[C@H]2NC/C=C/c2ccc(F)cc2)cn1. The number of nitrogens with zero attached hydrogens (tertiary/aromatic N) is 2. The molecule has 3 rings (SSSR count). The maximum atomic E-state index is 12.9. The number of piperidine rings is 1. The highest BCUT2D eigenvalue weighted by Crippen LogP contribution is 2.23. The average molecular weight is 328 g/mol. The molecule has 1 amide bonds. The van der Waals surface area contributed by atoms with E-state index < -0.39 is 0 Å². The van der Waals surface area contributed by atoms with Crippen LogP contribution in [0.15, 0.2) is 42.7 Å². The lowest BCUT2D eigenvalue weighted by molar-refractivity contribution is -0.123. The minimum atomic E-state index is -0.234. The van der Waals surface area contributed by atoms with Gasteiger partial charge in [0.2, 0.25) is 5.91 Å². The van der Waals surface area contributed by atoms with Crippen LogP contribution in [0.25, 0.3) is 6.08 Å². The lowest BCUT2D eigenvalue weighted by Gasteiger charge is -2.32. The number of carbonyl (C=O) groups excluding carboxylic acids is 1. The third-order valence-corrected chi connectivity index (χ3v) is 4.16. The quantitative estimate of drug-likeness (QED) is 0.884. The van der Waals surface area contributed by atoms with Gasteiger partial charge in [-0.05, 0) is 24.1 Å². The number of aryl methyl sites for hydroxylation is 1. The van der Waals surface area contributed by atoms with Gasteiger partial charge in [-0.15, -0.1) is 0 Å². The summed E-state index contributed by atoms with van der Waals surface area (Å²) in [7, 11) is 1.86. The normalized spacial score (nSPS) is 21.2. The van der Waals surface area contributed by atoms with Crippen molar-refractivity contribution in [1.29, 1.82) is 0 Å². The fourth-order valence-electron chi connectivity index (χ4n) is 2.92. The Balaban J connectivity index is 1.59. The van der Waals surface area contributed by atoms with Crippen LogP contribution in [-0.4, -0.2) is 28.3 Å².